The highest BCUT2D eigenvalue weighted by molar-refractivity contribution is 7.93. The largest absolute Gasteiger partial charge is 0.225 e. The van der Waals surface area contributed by atoms with Crippen molar-refractivity contribution in [1.82, 2.24) is 9.97 Å². The lowest BCUT2D eigenvalue weighted by Crippen LogP contribution is -2.10. The standard InChI is InChI=1S/C18H14Cl2N2O4S4/c19-11-3-5-13-15(9-11)27-17(21-13)29(23,24)7-1-2-8-30(25,26)18-22-14-6-4-12(20)10-16(14)28-18/h3-6,9-10H,1-2,7-8H2. The van der Waals surface area contributed by atoms with Crippen LogP contribution in [0.3, 0.4) is 0 Å². The molecule has 2 aromatic carbocycles. The first-order chi connectivity index (χ1) is 14.1. The molecular weight excluding hydrogens is 507 g/mol. The van der Waals surface area contributed by atoms with Crippen molar-refractivity contribution >= 4 is 86.0 Å². The van der Waals surface area contributed by atoms with Gasteiger partial charge in [0.2, 0.25) is 28.4 Å². The summed E-state index contributed by atoms with van der Waals surface area (Å²) in [6, 6.07) is 9.99. The smallest absolute Gasteiger partial charge is 0.210 e. The molecule has 4 rings (SSSR count). The Balaban J connectivity index is 1.41. The summed E-state index contributed by atoms with van der Waals surface area (Å²) in [5.41, 5.74) is 1.14. The summed E-state index contributed by atoms with van der Waals surface area (Å²) in [4.78, 5) is 8.33. The van der Waals surface area contributed by atoms with Crippen LogP contribution in [0.25, 0.3) is 20.4 Å². The van der Waals surface area contributed by atoms with Crippen LogP contribution in [0.5, 0.6) is 0 Å². The fraction of sp³-hybridized carbons (Fsp3) is 0.222. The molecule has 0 aliphatic heterocycles. The molecule has 0 saturated carbocycles. The lowest BCUT2D eigenvalue weighted by Gasteiger charge is -2.02. The minimum atomic E-state index is -3.60. The molecule has 0 atom stereocenters. The molecule has 2 aromatic heterocycles. The summed E-state index contributed by atoms with van der Waals surface area (Å²) >= 11 is 14.0. The topological polar surface area (TPSA) is 94.1 Å². The van der Waals surface area contributed by atoms with E-state index in [-0.39, 0.29) is 33.0 Å². The van der Waals surface area contributed by atoms with Gasteiger partial charge in [0.1, 0.15) is 0 Å². The minimum absolute atomic E-state index is 0.0191. The predicted octanol–water partition coefficient (Wildman–Crippen LogP) is 5.24. The van der Waals surface area contributed by atoms with E-state index in [1.165, 1.54) is 0 Å². The average Bonchev–Trinajstić information content (AvgIpc) is 3.29. The minimum Gasteiger partial charge on any atom is -0.225 e. The zero-order chi connectivity index (χ0) is 21.5. The number of unbranched alkanes of at least 4 members (excludes halogenated alkanes) is 1. The SMILES string of the molecule is O=S(=O)(CCCCS(=O)(=O)c1nc2ccc(Cl)cc2s1)c1nc2ccc(Cl)cc2s1. The maximum absolute atomic E-state index is 12.6. The Bertz CT molecular complexity index is 1350. The molecule has 0 bridgehead atoms. The Hall–Kier alpha value is -1.30. The van der Waals surface area contributed by atoms with E-state index >= 15 is 0 Å². The van der Waals surface area contributed by atoms with Crippen LogP contribution in [0.1, 0.15) is 12.8 Å². The zero-order valence-electron chi connectivity index (χ0n) is 15.2. The van der Waals surface area contributed by atoms with Crippen LogP contribution in [0.15, 0.2) is 45.1 Å². The Labute approximate surface area is 191 Å². The van der Waals surface area contributed by atoms with E-state index in [0.29, 0.717) is 30.5 Å². The van der Waals surface area contributed by atoms with Gasteiger partial charge in [0, 0.05) is 10.0 Å². The van der Waals surface area contributed by atoms with Gasteiger partial charge in [0.15, 0.2) is 0 Å². The molecule has 6 nitrogen and oxygen atoms in total. The summed E-state index contributed by atoms with van der Waals surface area (Å²) in [7, 11) is -7.20. The molecule has 12 heteroatoms. The van der Waals surface area contributed by atoms with Crippen molar-refractivity contribution in [2.75, 3.05) is 11.5 Å². The van der Waals surface area contributed by atoms with Gasteiger partial charge in [-0.3, -0.25) is 0 Å². The van der Waals surface area contributed by atoms with Crippen LogP contribution in [0, 0.1) is 0 Å². The fourth-order valence-electron chi connectivity index (χ4n) is 2.78. The molecule has 0 N–H and O–H groups in total. The lowest BCUT2D eigenvalue weighted by atomic mass is 10.3. The first-order valence-corrected chi connectivity index (χ1v) is 14.4. The van der Waals surface area contributed by atoms with Gasteiger partial charge < -0.3 is 0 Å². The second kappa shape index (κ2) is 8.33. The number of rotatable bonds is 7. The van der Waals surface area contributed by atoms with Crippen LogP contribution in [0.4, 0.5) is 0 Å². The maximum atomic E-state index is 12.6. The molecule has 0 aliphatic carbocycles. The number of hydrogen-bond acceptors (Lipinski definition) is 8. The molecule has 0 unspecified atom stereocenters. The van der Waals surface area contributed by atoms with Crippen molar-refractivity contribution in [2.45, 2.75) is 21.5 Å². The summed E-state index contributed by atoms with van der Waals surface area (Å²) in [6.45, 7) is 0. The Kier molecular flexibility index (Phi) is 6.08. The highest BCUT2D eigenvalue weighted by Gasteiger charge is 2.22. The van der Waals surface area contributed by atoms with Crippen molar-refractivity contribution in [3.63, 3.8) is 0 Å². The monoisotopic (exact) mass is 520 g/mol. The van der Waals surface area contributed by atoms with Gasteiger partial charge in [-0.25, -0.2) is 26.8 Å². The highest BCUT2D eigenvalue weighted by atomic mass is 35.5. The molecule has 2 heterocycles. The number of sulfone groups is 2. The van der Waals surface area contributed by atoms with Gasteiger partial charge in [0.25, 0.3) is 0 Å². The summed E-state index contributed by atoms with van der Waals surface area (Å²) in [5.74, 6) is -0.350. The van der Waals surface area contributed by atoms with E-state index in [2.05, 4.69) is 9.97 Å². The third-order valence-corrected chi connectivity index (χ3v) is 11.3. The van der Waals surface area contributed by atoms with Crippen LogP contribution >= 0.6 is 45.9 Å². The molecule has 0 spiro atoms. The molecule has 0 saturated heterocycles. The van der Waals surface area contributed by atoms with E-state index in [1.54, 1.807) is 36.4 Å². The number of thiazole rings is 2. The molecule has 0 aliphatic rings. The summed E-state index contributed by atoms with van der Waals surface area (Å²) in [5, 5.41) is 1.02. The molecule has 0 fully saturated rings. The number of hydrogen-bond donors (Lipinski definition) is 0. The van der Waals surface area contributed by atoms with Gasteiger partial charge in [-0.15, -0.1) is 22.7 Å². The molecule has 30 heavy (non-hydrogen) atoms. The van der Waals surface area contributed by atoms with E-state index in [9.17, 15) is 16.8 Å². The molecule has 0 amide bonds. The van der Waals surface area contributed by atoms with E-state index < -0.39 is 19.7 Å². The van der Waals surface area contributed by atoms with Crippen LogP contribution in [-0.4, -0.2) is 38.3 Å². The number of halogens is 2. The molecule has 158 valence electrons. The molecule has 4 aromatic rings. The summed E-state index contributed by atoms with van der Waals surface area (Å²) in [6.07, 6.45) is 0.407. The Morgan fingerprint density at radius 2 is 1.10 bits per heavy atom. The molecule has 0 radical (unpaired) electrons. The second-order valence-corrected chi connectivity index (χ2v) is 14.0. The third kappa shape index (κ3) is 4.63. The van der Waals surface area contributed by atoms with Gasteiger partial charge in [-0.1, -0.05) is 23.2 Å². The normalized spacial score (nSPS) is 12.7. The highest BCUT2D eigenvalue weighted by Crippen LogP contribution is 2.30. The quantitative estimate of drug-likeness (QED) is 0.309. The van der Waals surface area contributed by atoms with Crippen molar-refractivity contribution in [2.24, 2.45) is 0 Å². The Morgan fingerprint density at radius 1 is 0.700 bits per heavy atom. The average molecular weight is 521 g/mol. The van der Waals surface area contributed by atoms with Gasteiger partial charge in [-0.2, -0.15) is 0 Å². The zero-order valence-corrected chi connectivity index (χ0v) is 20.0. The Morgan fingerprint density at radius 3 is 1.50 bits per heavy atom. The van der Waals surface area contributed by atoms with Crippen LogP contribution in [-0.2, 0) is 19.7 Å². The third-order valence-electron chi connectivity index (χ3n) is 4.27. The number of nitrogens with zero attached hydrogens (tertiary/aromatic N) is 2. The van der Waals surface area contributed by atoms with Crippen LogP contribution < -0.4 is 0 Å². The van der Waals surface area contributed by atoms with E-state index in [4.69, 9.17) is 23.2 Å². The maximum Gasteiger partial charge on any atom is 0.210 e. The predicted molar refractivity (Wildman–Crippen MR) is 123 cm³/mol. The van der Waals surface area contributed by atoms with Crippen molar-refractivity contribution in [1.29, 1.82) is 0 Å². The van der Waals surface area contributed by atoms with Crippen molar-refractivity contribution in [3.05, 3.63) is 46.4 Å². The lowest BCUT2D eigenvalue weighted by molar-refractivity contribution is 0.584. The van der Waals surface area contributed by atoms with Crippen LogP contribution in [0.2, 0.25) is 10.0 Å². The van der Waals surface area contributed by atoms with Crippen molar-refractivity contribution in [3.8, 4) is 0 Å². The fourth-order valence-corrected chi connectivity index (χ4v) is 8.77. The number of benzene rings is 2. The van der Waals surface area contributed by atoms with Crippen molar-refractivity contribution < 1.29 is 16.8 Å². The number of fused-ring (bicyclic) bond motifs is 2. The molecular formula is C18H14Cl2N2O4S4. The first-order valence-electron chi connectivity index (χ1n) is 8.72. The van der Waals surface area contributed by atoms with E-state index in [1.807, 2.05) is 0 Å². The summed E-state index contributed by atoms with van der Waals surface area (Å²) < 4.78 is 51.7. The van der Waals surface area contributed by atoms with Gasteiger partial charge >= 0.3 is 0 Å². The second-order valence-electron chi connectivity index (χ2n) is 6.53. The number of aromatic nitrogens is 2. The first kappa shape index (κ1) is 21.9. The van der Waals surface area contributed by atoms with E-state index in [0.717, 1.165) is 22.7 Å². The van der Waals surface area contributed by atoms with Gasteiger partial charge in [-0.05, 0) is 49.2 Å². The van der Waals surface area contributed by atoms with Gasteiger partial charge in [0.05, 0.1) is 31.9 Å².